The normalized spacial score (nSPS) is 10.6. The van der Waals surface area contributed by atoms with Crippen LogP contribution in [-0.2, 0) is 6.54 Å². The van der Waals surface area contributed by atoms with E-state index in [0.29, 0.717) is 6.54 Å². The summed E-state index contributed by atoms with van der Waals surface area (Å²) in [6.07, 6.45) is 3.52. The Bertz CT molecular complexity index is 882. The van der Waals surface area contributed by atoms with Crippen LogP contribution in [0.4, 0.5) is 5.82 Å². The zero-order valence-electron chi connectivity index (χ0n) is 13.7. The smallest absolute Gasteiger partial charge is 0.292 e. The third-order valence-corrected chi connectivity index (χ3v) is 3.85. The Labute approximate surface area is 140 Å². The Morgan fingerprint density at radius 2 is 1.75 bits per heavy atom. The minimum absolute atomic E-state index is 0.235. The number of hydrogen-bond acceptors (Lipinski definition) is 4. The van der Waals surface area contributed by atoms with Crippen LogP contribution in [0.5, 0.6) is 5.75 Å². The van der Waals surface area contributed by atoms with Gasteiger partial charge in [-0.15, -0.1) is 0 Å². The Kier molecular flexibility index (Phi) is 4.33. The molecule has 3 rings (SSSR count). The van der Waals surface area contributed by atoms with Crippen LogP contribution in [0.2, 0.25) is 0 Å². The van der Waals surface area contributed by atoms with Crippen molar-refractivity contribution in [2.75, 3.05) is 19.0 Å². The van der Waals surface area contributed by atoms with E-state index >= 15 is 0 Å². The Morgan fingerprint density at radius 3 is 2.38 bits per heavy atom. The molecule has 0 unspecified atom stereocenters. The summed E-state index contributed by atoms with van der Waals surface area (Å²) in [5, 5.41) is 9.49. The van der Waals surface area contributed by atoms with E-state index in [1.165, 1.54) is 10.6 Å². The molecule has 2 aromatic heterocycles. The number of nitrogens with zero attached hydrogens (tertiary/aromatic N) is 3. The minimum Gasteiger partial charge on any atom is -0.503 e. The van der Waals surface area contributed by atoms with Crippen molar-refractivity contribution in [1.82, 2.24) is 9.55 Å². The molecule has 2 heterocycles. The molecular weight excluding hydrogens is 302 g/mol. The van der Waals surface area contributed by atoms with E-state index in [-0.39, 0.29) is 11.3 Å². The fraction of sp³-hybridized carbons (Fsp3) is 0.158. The number of pyridine rings is 2. The van der Waals surface area contributed by atoms with Crippen LogP contribution >= 0.6 is 0 Å². The standard InChI is InChI=1S/C19H19N3O2/c1-21(2)18-10-9-16(12-20-18)15-7-5-14(6-8-15)13-22-11-3-4-17(23)19(22)24/h3-12,23H,13H2,1-2H3. The maximum atomic E-state index is 11.8. The number of rotatable bonds is 4. The highest BCUT2D eigenvalue weighted by atomic mass is 16.3. The van der Waals surface area contributed by atoms with Crippen molar-refractivity contribution in [2.45, 2.75) is 6.54 Å². The highest BCUT2D eigenvalue weighted by molar-refractivity contribution is 5.64. The SMILES string of the molecule is CN(C)c1ccc(-c2ccc(Cn3cccc(O)c3=O)cc2)cn1. The molecule has 0 spiro atoms. The summed E-state index contributed by atoms with van der Waals surface area (Å²) in [7, 11) is 3.92. The summed E-state index contributed by atoms with van der Waals surface area (Å²) in [4.78, 5) is 18.2. The molecule has 3 aromatic rings. The first-order chi connectivity index (χ1) is 11.5. The zero-order valence-corrected chi connectivity index (χ0v) is 13.7. The number of benzene rings is 1. The first kappa shape index (κ1) is 15.8. The highest BCUT2D eigenvalue weighted by Gasteiger charge is 2.04. The number of aromatic hydroxyl groups is 1. The molecule has 24 heavy (non-hydrogen) atoms. The monoisotopic (exact) mass is 321 g/mol. The number of hydrogen-bond donors (Lipinski definition) is 1. The fourth-order valence-corrected chi connectivity index (χ4v) is 2.47. The molecule has 1 N–H and O–H groups in total. The third kappa shape index (κ3) is 3.30. The van der Waals surface area contributed by atoms with Crippen molar-refractivity contribution >= 4 is 5.82 Å². The van der Waals surface area contributed by atoms with Gasteiger partial charge in [0.25, 0.3) is 5.56 Å². The summed E-state index contributed by atoms with van der Waals surface area (Å²) >= 11 is 0. The lowest BCUT2D eigenvalue weighted by atomic mass is 10.1. The van der Waals surface area contributed by atoms with Crippen molar-refractivity contribution in [3.8, 4) is 16.9 Å². The summed E-state index contributed by atoms with van der Waals surface area (Å²) in [6, 6.07) is 15.0. The van der Waals surface area contributed by atoms with E-state index in [0.717, 1.165) is 22.5 Å². The molecule has 0 atom stereocenters. The van der Waals surface area contributed by atoms with Crippen molar-refractivity contribution in [3.05, 3.63) is 76.8 Å². The molecule has 1 aromatic carbocycles. The molecular formula is C19H19N3O2. The topological polar surface area (TPSA) is 58.4 Å². The average molecular weight is 321 g/mol. The van der Waals surface area contributed by atoms with E-state index < -0.39 is 0 Å². The van der Waals surface area contributed by atoms with Crippen molar-refractivity contribution in [3.63, 3.8) is 0 Å². The average Bonchev–Trinajstić information content (AvgIpc) is 2.60. The zero-order chi connectivity index (χ0) is 17.1. The summed E-state index contributed by atoms with van der Waals surface area (Å²) < 4.78 is 1.48. The molecule has 122 valence electrons. The first-order valence-electron chi connectivity index (χ1n) is 7.66. The van der Waals surface area contributed by atoms with Crippen LogP contribution in [-0.4, -0.2) is 28.8 Å². The van der Waals surface area contributed by atoms with Gasteiger partial charge in [-0.2, -0.15) is 0 Å². The Morgan fingerprint density at radius 1 is 1.04 bits per heavy atom. The second kappa shape index (κ2) is 6.58. The van der Waals surface area contributed by atoms with E-state index in [9.17, 15) is 9.90 Å². The van der Waals surface area contributed by atoms with Gasteiger partial charge in [-0.1, -0.05) is 24.3 Å². The largest absolute Gasteiger partial charge is 0.503 e. The van der Waals surface area contributed by atoms with Crippen LogP contribution in [0, 0.1) is 0 Å². The van der Waals surface area contributed by atoms with Crippen molar-refractivity contribution in [2.24, 2.45) is 0 Å². The lowest BCUT2D eigenvalue weighted by molar-refractivity contribution is 0.459. The molecule has 0 bridgehead atoms. The second-order valence-corrected chi connectivity index (χ2v) is 5.82. The Balaban J connectivity index is 1.80. The summed E-state index contributed by atoms with van der Waals surface area (Å²) in [6.45, 7) is 0.422. The van der Waals surface area contributed by atoms with Crippen LogP contribution in [0.3, 0.4) is 0 Å². The molecule has 0 aliphatic carbocycles. The second-order valence-electron chi connectivity index (χ2n) is 5.82. The van der Waals surface area contributed by atoms with Gasteiger partial charge in [0.2, 0.25) is 0 Å². The molecule has 0 aliphatic heterocycles. The minimum atomic E-state index is -0.384. The van der Waals surface area contributed by atoms with Crippen molar-refractivity contribution in [1.29, 1.82) is 0 Å². The van der Waals surface area contributed by atoms with Gasteiger partial charge < -0.3 is 14.6 Å². The van der Waals surface area contributed by atoms with Crippen molar-refractivity contribution < 1.29 is 5.11 Å². The van der Waals surface area contributed by atoms with E-state index in [4.69, 9.17) is 0 Å². The highest BCUT2D eigenvalue weighted by Crippen LogP contribution is 2.21. The van der Waals surface area contributed by atoms with Crippen LogP contribution < -0.4 is 10.5 Å². The summed E-state index contributed by atoms with van der Waals surface area (Å²) in [5.41, 5.74) is 2.72. The first-order valence-corrected chi connectivity index (χ1v) is 7.66. The predicted molar refractivity (Wildman–Crippen MR) is 95.5 cm³/mol. The van der Waals surface area contributed by atoms with E-state index in [2.05, 4.69) is 4.98 Å². The molecule has 5 heteroatoms. The molecule has 0 radical (unpaired) electrons. The molecule has 0 saturated carbocycles. The predicted octanol–water partition coefficient (Wildman–Crippen LogP) is 2.73. The van der Waals surface area contributed by atoms with E-state index in [1.807, 2.05) is 61.6 Å². The van der Waals surface area contributed by atoms with Gasteiger partial charge in [-0.25, -0.2) is 4.98 Å². The van der Waals surface area contributed by atoms with E-state index in [1.54, 1.807) is 12.3 Å². The number of anilines is 1. The van der Waals surface area contributed by atoms with Gasteiger partial charge in [-0.05, 0) is 35.4 Å². The van der Waals surface area contributed by atoms with Gasteiger partial charge in [0, 0.05) is 32.1 Å². The van der Waals surface area contributed by atoms with Crippen LogP contribution in [0.1, 0.15) is 5.56 Å². The van der Waals surface area contributed by atoms with Crippen LogP contribution in [0.15, 0.2) is 65.7 Å². The maximum absolute atomic E-state index is 11.8. The number of aromatic nitrogens is 2. The maximum Gasteiger partial charge on any atom is 0.292 e. The summed E-state index contributed by atoms with van der Waals surface area (Å²) in [5.74, 6) is 0.680. The van der Waals surface area contributed by atoms with Gasteiger partial charge in [0.05, 0.1) is 6.54 Å². The molecule has 0 saturated heterocycles. The fourth-order valence-electron chi connectivity index (χ4n) is 2.47. The molecule has 0 amide bonds. The molecule has 5 nitrogen and oxygen atoms in total. The Hall–Kier alpha value is -3.08. The molecule has 0 aliphatic rings. The van der Waals surface area contributed by atoms with Gasteiger partial charge in [0.15, 0.2) is 5.75 Å². The lowest BCUT2D eigenvalue weighted by Crippen LogP contribution is -2.18. The third-order valence-electron chi connectivity index (χ3n) is 3.85. The molecule has 0 fully saturated rings. The quantitative estimate of drug-likeness (QED) is 0.803. The lowest BCUT2D eigenvalue weighted by Gasteiger charge is -2.11. The van der Waals surface area contributed by atoms with Gasteiger partial charge in [0.1, 0.15) is 5.82 Å². The van der Waals surface area contributed by atoms with Crippen LogP contribution in [0.25, 0.3) is 11.1 Å². The van der Waals surface area contributed by atoms with Gasteiger partial charge in [-0.3, -0.25) is 4.79 Å². The van der Waals surface area contributed by atoms with Gasteiger partial charge >= 0.3 is 0 Å².